The maximum Gasteiger partial charge on any atom is 0.150 e. The minimum absolute atomic E-state index is 0.522. The molecule has 0 amide bonds. The molecule has 0 N–H and O–H groups in total. The molecule has 9 rings (SSSR count). The van der Waals surface area contributed by atoms with E-state index in [0.29, 0.717) is 24.3 Å². The first-order valence-electron chi connectivity index (χ1n) is 24.0. The second-order valence-electron chi connectivity index (χ2n) is 17.5. The summed E-state index contributed by atoms with van der Waals surface area (Å²) in [7, 11) is 0. The highest BCUT2D eigenvalue weighted by Gasteiger charge is 2.23. The number of aldehydes is 2. The first-order chi connectivity index (χ1) is 34.4. The van der Waals surface area contributed by atoms with E-state index in [1.807, 2.05) is 36.4 Å². The molecule has 0 spiro atoms. The van der Waals surface area contributed by atoms with Gasteiger partial charge < -0.3 is 19.3 Å². The van der Waals surface area contributed by atoms with E-state index in [0.717, 1.165) is 127 Å². The third kappa shape index (κ3) is 11.8. The molecule has 70 heavy (non-hydrogen) atoms. The lowest BCUT2D eigenvalue weighted by Gasteiger charge is -2.24. The van der Waals surface area contributed by atoms with Gasteiger partial charge in [0.1, 0.15) is 34.1 Å². The number of hydrogen-bond acceptors (Lipinski definition) is 8. The molecule has 0 radical (unpaired) electrons. The second-order valence-corrected chi connectivity index (χ2v) is 19.6. The van der Waals surface area contributed by atoms with Gasteiger partial charge in [-0.2, -0.15) is 0 Å². The number of rotatable bonds is 22. The molecule has 0 saturated carbocycles. The summed E-state index contributed by atoms with van der Waals surface area (Å²) in [6.07, 6.45) is 7.04. The summed E-state index contributed by atoms with van der Waals surface area (Å²) >= 11 is 3.46. The van der Waals surface area contributed by atoms with Crippen molar-refractivity contribution in [2.24, 2.45) is 0 Å². The molecule has 0 aliphatic heterocycles. The van der Waals surface area contributed by atoms with Crippen molar-refractivity contribution in [3.63, 3.8) is 0 Å². The number of anilines is 6. The monoisotopic (exact) mass is 956 g/mol. The average Bonchev–Trinajstić information content (AvgIpc) is 4.08. The molecule has 6 nitrogen and oxygen atoms in total. The third-order valence-corrected chi connectivity index (χ3v) is 14.4. The van der Waals surface area contributed by atoms with Crippen LogP contribution in [0.1, 0.15) is 68.7 Å². The minimum atomic E-state index is 0.522. The maximum atomic E-state index is 11.5. The summed E-state index contributed by atoms with van der Waals surface area (Å²) in [6.45, 7) is 5.30. The molecule has 0 saturated heterocycles. The van der Waals surface area contributed by atoms with Gasteiger partial charge in [-0.1, -0.05) is 97.1 Å². The maximum absolute atomic E-state index is 11.5. The van der Waals surface area contributed by atoms with Gasteiger partial charge in [-0.3, -0.25) is 9.59 Å². The SMILES string of the molecule is Cc1cccc(N(c2ccccc2)c2ccc(-c3cc(OCCCCc4cccc(C=O)c4)c(-c4ccc(N(c5ccccc5)c5cccc(C)c5)s4)cc3OCCCCc3cccc(C=O)c3)s2)c1. The molecule has 0 bridgehead atoms. The van der Waals surface area contributed by atoms with Gasteiger partial charge >= 0.3 is 0 Å². The van der Waals surface area contributed by atoms with Crippen LogP contribution in [-0.2, 0) is 12.8 Å². The summed E-state index contributed by atoms with van der Waals surface area (Å²) in [5.41, 5.74) is 12.4. The Morgan fingerprint density at radius 2 is 0.829 bits per heavy atom. The summed E-state index contributed by atoms with van der Waals surface area (Å²) in [4.78, 5) is 29.7. The molecular weight excluding hydrogens is 901 g/mol. The van der Waals surface area contributed by atoms with E-state index in [4.69, 9.17) is 9.47 Å². The Kier molecular flexibility index (Phi) is 15.7. The van der Waals surface area contributed by atoms with E-state index in [9.17, 15) is 9.59 Å². The number of thiophene rings is 2. The van der Waals surface area contributed by atoms with E-state index < -0.39 is 0 Å². The molecule has 9 aromatic rings. The van der Waals surface area contributed by atoms with Gasteiger partial charge in [0.2, 0.25) is 0 Å². The van der Waals surface area contributed by atoms with E-state index in [2.05, 4.69) is 181 Å². The normalized spacial score (nSPS) is 11.0. The zero-order chi connectivity index (χ0) is 48.1. The average molecular weight is 957 g/mol. The van der Waals surface area contributed by atoms with Crippen molar-refractivity contribution >= 4 is 68.0 Å². The largest absolute Gasteiger partial charge is 0.493 e. The predicted molar refractivity (Wildman–Crippen MR) is 292 cm³/mol. The van der Waals surface area contributed by atoms with Gasteiger partial charge in [-0.15, -0.1) is 22.7 Å². The molecule has 7 aromatic carbocycles. The highest BCUT2D eigenvalue weighted by molar-refractivity contribution is 7.20. The summed E-state index contributed by atoms with van der Waals surface area (Å²) in [5, 5.41) is 2.17. The van der Waals surface area contributed by atoms with Crippen molar-refractivity contribution < 1.29 is 19.1 Å². The second kappa shape index (κ2) is 23.2. The Hall–Kier alpha value is -7.52. The van der Waals surface area contributed by atoms with Crippen molar-refractivity contribution in [3.8, 4) is 32.4 Å². The van der Waals surface area contributed by atoms with Crippen LogP contribution >= 0.6 is 22.7 Å². The van der Waals surface area contributed by atoms with Crippen LogP contribution in [0.25, 0.3) is 20.9 Å². The molecule has 2 heterocycles. The molecule has 0 atom stereocenters. The number of nitrogens with zero attached hydrogens (tertiary/aromatic N) is 2. The highest BCUT2D eigenvalue weighted by atomic mass is 32.1. The van der Waals surface area contributed by atoms with Crippen molar-refractivity contribution in [2.45, 2.75) is 52.4 Å². The summed E-state index contributed by atoms with van der Waals surface area (Å²) < 4.78 is 13.8. The molecule has 0 unspecified atom stereocenters. The fourth-order valence-corrected chi connectivity index (χ4v) is 10.9. The lowest BCUT2D eigenvalue weighted by Crippen LogP contribution is -2.08. The minimum Gasteiger partial charge on any atom is -0.493 e. The van der Waals surface area contributed by atoms with Crippen LogP contribution in [0.4, 0.5) is 32.8 Å². The van der Waals surface area contributed by atoms with Gasteiger partial charge in [0, 0.05) is 54.8 Å². The number of carbonyl (C=O) groups excluding carboxylic acids is 2. The van der Waals surface area contributed by atoms with Crippen LogP contribution in [0, 0.1) is 13.8 Å². The van der Waals surface area contributed by atoms with E-state index in [-0.39, 0.29) is 0 Å². The van der Waals surface area contributed by atoms with Gasteiger partial charge in [-0.25, -0.2) is 0 Å². The van der Waals surface area contributed by atoms with Gasteiger partial charge in [0.15, 0.2) is 0 Å². The number of ether oxygens (including phenoxy) is 2. The number of unbranched alkanes of at least 4 members (excludes halogenated alkanes) is 2. The van der Waals surface area contributed by atoms with Gasteiger partial charge in [0.25, 0.3) is 0 Å². The van der Waals surface area contributed by atoms with Gasteiger partial charge in [0.05, 0.1) is 13.2 Å². The van der Waals surface area contributed by atoms with Crippen LogP contribution in [0.15, 0.2) is 194 Å². The van der Waals surface area contributed by atoms with E-state index >= 15 is 0 Å². The number of benzene rings is 7. The first kappa shape index (κ1) is 47.5. The zero-order valence-electron chi connectivity index (χ0n) is 39.6. The Balaban J connectivity index is 1.10. The van der Waals surface area contributed by atoms with Crippen LogP contribution in [-0.4, -0.2) is 25.8 Å². The quantitative estimate of drug-likeness (QED) is 0.0498. The lowest BCUT2D eigenvalue weighted by molar-refractivity contribution is 0.111. The molecular formula is C62H56N2O4S2. The lowest BCUT2D eigenvalue weighted by atomic mass is 10.0. The first-order valence-corrected chi connectivity index (χ1v) is 25.6. The predicted octanol–water partition coefficient (Wildman–Crippen LogP) is 17.1. The van der Waals surface area contributed by atoms with E-state index in [1.54, 1.807) is 22.7 Å². The highest BCUT2D eigenvalue weighted by Crippen LogP contribution is 2.50. The molecule has 2 aromatic heterocycles. The zero-order valence-corrected chi connectivity index (χ0v) is 41.3. The number of aryl methyl sites for hydroxylation is 4. The molecule has 350 valence electrons. The smallest absolute Gasteiger partial charge is 0.150 e. The fraction of sp³-hybridized carbons (Fsp3) is 0.161. The third-order valence-electron chi connectivity index (χ3n) is 12.2. The van der Waals surface area contributed by atoms with Crippen LogP contribution < -0.4 is 19.3 Å². The Labute approximate surface area is 420 Å². The van der Waals surface area contributed by atoms with Crippen molar-refractivity contribution in [3.05, 3.63) is 228 Å². The standard InChI is InChI=1S/C62H56N2O4S2/c1-45-17-13-29-53(37-45)63(51-25-5-3-6-26-51)61-33-31-59(69-61)55-41-58(68-36-12-10-20-48-22-16-24-50(40-48)44-66)56(42-57(55)67-35-11-9-19-47-21-15-23-49(39-47)43-65)60-32-34-62(70-60)64(52-27-7-4-8-28-52)54-30-14-18-46(2)38-54/h3-8,13-18,21-34,37-44H,9-12,19-20,35-36H2,1-2H3. The van der Waals surface area contributed by atoms with Crippen molar-refractivity contribution in [1.82, 2.24) is 0 Å². The van der Waals surface area contributed by atoms with E-state index in [1.165, 1.54) is 11.1 Å². The van der Waals surface area contributed by atoms with Gasteiger partial charge in [-0.05, 0) is 172 Å². The topological polar surface area (TPSA) is 59.1 Å². The summed E-state index contributed by atoms with van der Waals surface area (Å²) in [5.74, 6) is 1.59. The van der Waals surface area contributed by atoms with Crippen LogP contribution in [0.3, 0.4) is 0 Å². The van der Waals surface area contributed by atoms with Crippen LogP contribution in [0.5, 0.6) is 11.5 Å². The Morgan fingerprint density at radius 3 is 1.24 bits per heavy atom. The Bertz CT molecular complexity index is 2950. The summed E-state index contributed by atoms with van der Waals surface area (Å²) in [6, 6.07) is 67.2. The number of hydrogen-bond donors (Lipinski definition) is 0. The molecule has 0 aliphatic carbocycles. The molecule has 0 fully saturated rings. The van der Waals surface area contributed by atoms with Crippen molar-refractivity contribution in [2.75, 3.05) is 23.0 Å². The fourth-order valence-electron chi connectivity index (χ4n) is 8.73. The number of carbonyl (C=O) groups is 2. The van der Waals surface area contributed by atoms with Crippen molar-refractivity contribution in [1.29, 1.82) is 0 Å². The molecule has 0 aliphatic rings. The Morgan fingerprint density at radius 1 is 0.414 bits per heavy atom. The number of para-hydroxylation sites is 2. The molecule has 8 heteroatoms. The van der Waals surface area contributed by atoms with Crippen LogP contribution in [0.2, 0.25) is 0 Å².